The first-order valence-electron chi connectivity index (χ1n) is 6.31. The third-order valence-electron chi connectivity index (χ3n) is 2.88. The Bertz CT molecular complexity index is 581. The lowest BCUT2D eigenvalue weighted by Gasteiger charge is -2.11. The van der Waals surface area contributed by atoms with Crippen molar-refractivity contribution in [2.75, 3.05) is 11.1 Å². The number of aromatic nitrogens is 1. The maximum absolute atomic E-state index is 12.2. The van der Waals surface area contributed by atoms with Gasteiger partial charge in [0.2, 0.25) is 0 Å². The van der Waals surface area contributed by atoms with E-state index < -0.39 is 0 Å². The van der Waals surface area contributed by atoms with Crippen molar-refractivity contribution in [1.29, 1.82) is 0 Å². The quantitative estimate of drug-likeness (QED) is 0.882. The highest BCUT2D eigenvalue weighted by atomic mass is 16.1. The van der Waals surface area contributed by atoms with Gasteiger partial charge in [-0.3, -0.25) is 9.78 Å². The Morgan fingerprint density at radius 3 is 2.84 bits per heavy atom. The number of nitrogens with two attached hydrogens (primary N) is 1. The van der Waals surface area contributed by atoms with Crippen molar-refractivity contribution in [2.45, 2.75) is 19.8 Å². The van der Waals surface area contributed by atoms with Crippen molar-refractivity contribution in [2.24, 2.45) is 0 Å². The smallest absolute Gasteiger partial charge is 0.259 e. The number of nitrogen functional groups attached to an aromatic ring is 1. The zero-order valence-electron chi connectivity index (χ0n) is 10.9. The highest BCUT2D eigenvalue weighted by Gasteiger charge is 2.11. The van der Waals surface area contributed by atoms with Crippen molar-refractivity contribution >= 4 is 17.3 Å². The van der Waals surface area contributed by atoms with Crippen molar-refractivity contribution in [3.63, 3.8) is 0 Å². The van der Waals surface area contributed by atoms with Gasteiger partial charge in [0.15, 0.2) is 0 Å². The number of anilines is 2. The molecule has 0 aliphatic heterocycles. The second kappa shape index (κ2) is 6.00. The number of carbonyl (C=O) groups is 1. The minimum atomic E-state index is -0.228. The van der Waals surface area contributed by atoms with Gasteiger partial charge in [-0.15, -0.1) is 0 Å². The fourth-order valence-corrected chi connectivity index (χ4v) is 1.91. The molecule has 1 heterocycles. The van der Waals surface area contributed by atoms with Crippen LogP contribution < -0.4 is 11.1 Å². The molecular formula is C15H17N3O. The van der Waals surface area contributed by atoms with Gasteiger partial charge in [0.1, 0.15) is 0 Å². The predicted molar refractivity (Wildman–Crippen MR) is 77.0 cm³/mol. The number of carbonyl (C=O) groups excluding carboxylic acids is 1. The number of nitrogens with one attached hydrogen (secondary N) is 1. The van der Waals surface area contributed by atoms with Gasteiger partial charge in [-0.1, -0.05) is 31.5 Å². The van der Waals surface area contributed by atoms with E-state index in [1.165, 1.54) is 6.20 Å². The zero-order valence-corrected chi connectivity index (χ0v) is 10.9. The average molecular weight is 255 g/mol. The van der Waals surface area contributed by atoms with Gasteiger partial charge in [-0.2, -0.15) is 0 Å². The normalized spacial score (nSPS) is 10.2. The molecule has 0 unspecified atom stereocenters. The van der Waals surface area contributed by atoms with E-state index in [1.54, 1.807) is 12.3 Å². The van der Waals surface area contributed by atoms with E-state index in [9.17, 15) is 4.79 Å². The van der Waals surface area contributed by atoms with Gasteiger partial charge in [-0.25, -0.2) is 0 Å². The van der Waals surface area contributed by atoms with Crippen molar-refractivity contribution in [3.8, 4) is 0 Å². The molecule has 4 heteroatoms. The molecule has 0 fully saturated rings. The first kappa shape index (κ1) is 13.1. The van der Waals surface area contributed by atoms with E-state index in [1.807, 2.05) is 24.3 Å². The number of pyridine rings is 1. The second-order valence-electron chi connectivity index (χ2n) is 4.32. The van der Waals surface area contributed by atoms with E-state index >= 15 is 0 Å². The molecule has 2 rings (SSSR count). The predicted octanol–water partition coefficient (Wildman–Crippen LogP) is 2.87. The summed E-state index contributed by atoms with van der Waals surface area (Å²) in [6, 6.07) is 9.41. The third-order valence-corrected chi connectivity index (χ3v) is 2.88. The molecule has 0 saturated carbocycles. The Balaban J connectivity index is 2.22. The van der Waals surface area contributed by atoms with E-state index in [-0.39, 0.29) is 5.91 Å². The number of amides is 1. The Morgan fingerprint density at radius 2 is 2.11 bits per heavy atom. The van der Waals surface area contributed by atoms with Crippen molar-refractivity contribution in [1.82, 2.24) is 4.98 Å². The van der Waals surface area contributed by atoms with Crippen LogP contribution in [-0.4, -0.2) is 10.9 Å². The summed E-state index contributed by atoms with van der Waals surface area (Å²) in [5.41, 5.74) is 8.56. The molecular weight excluding hydrogens is 238 g/mol. The topological polar surface area (TPSA) is 68.0 Å². The molecule has 2 aromatic rings. The molecule has 0 spiro atoms. The summed E-state index contributed by atoms with van der Waals surface area (Å²) in [5, 5.41) is 2.89. The molecule has 1 aromatic heterocycles. The third kappa shape index (κ3) is 3.10. The SMILES string of the molecule is CCCc1ccccc1NC(=O)c1cnccc1N. The average Bonchev–Trinajstić information content (AvgIpc) is 2.41. The standard InChI is InChI=1S/C15H17N3O/c1-2-5-11-6-3-4-7-14(11)18-15(19)12-10-17-9-8-13(12)16/h3-4,6-10H,2,5H2,1H3,(H2,16,17)(H,18,19). The largest absolute Gasteiger partial charge is 0.398 e. The van der Waals surface area contributed by atoms with Crippen LogP contribution in [0.1, 0.15) is 29.3 Å². The molecule has 0 saturated heterocycles. The summed E-state index contributed by atoms with van der Waals surface area (Å²) in [4.78, 5) is 16.1. The van der Waals surface area contributed by atoms with Gasteiger partial charge in [0.25, 0.3) is 5.91 Å². The first-order valence-corrected chi connectivity index (χ1v) is 6.31. The van der Waals surface area contributed by atoms with Crippen LogP contribution >= 0.6 is 0 Å². The molecule has 0 aliphatic rings. The molecule has 3 N–H and O–H groups in total. The Labute approximate surface area is 112 Å². The minimum absolute atomic E-state index is 0.228. The zero-order chi connectivity index (χ0) is 13.7. The van der Waals surface area contributed by atoms with Crippen LogP contribution in [0.25, 0.3) is 0 Å². The summed E-state index contributed by atoms with van der Waals surface area (Å²) in [5.74, 6) is -0.228. The van der Waals surface area contributed by atoms with Gasteiger partial charge >= 0.3 is 0 Å². The first-order chi connectivity index (χ1) is 9.22. The van der Waals surface area contributed by atoms with Crippen LogP contribution in [0, 0.1) is 0 Å². The van der Waals surface area contributed by atoms with Gasteiger partial charge < -0.3 is 11.1 Å². The highest BCUT2D eigenvalue weighted by molar-refractivity contribution is 6.07. The fraction of sp³-hybridized carbons (Fsp3) is 0.200. The molecule has 1 aromatic carbocycles. The van der Waals surface area contributed by atoms with Gasteiger partial charge in [0, 0.05) is 23.8 Å². The molecule has 19 heavy (non-hydrogen) atoms. The second-order valence-corrected chi connectivity index (χ2v) is 4.32. The lowest BCUT2D eigenvalue weighted by molar-refractivity contribution is 0.102. The molecule has 4 nitrogen and oxygen atoms in total. The lowest BCUT2D eigenvalue weighted by atomic mass is 10.1. The van der Waals surface area contributed by atoms with Gasteiger partial charge in [-0.05, 0) is 24.1 Å². The van der Waals surface area contributed by atoms with Crippen LogP contribution in [0.2, 0.25) is 0 Å². The van der Waals surface area contributed by atoms with Gasteiger partial charge in [0.05, 0.1) is 5.56 Å². The molecule has 98 valence electrons. The molecule has 0 atom stereocenters. The number of para-hydroxylation sites is 1. The lowest BCUT2D eigenvalue weighted by Crippen LogP contribution is -2.15. The van der Waals surface area contributed by atoms with Crippen LogP contribution in [0.4, 0.5) is 11.4 Å². The molecule has 0 radical (unpaired) electrons. The van der Waals surface area contributed by atoms with Crippen LogP contribution in [-0.2, 0) is 6.42 Å². The number of rotatable bonds is 4. The van der Waals surface area contributed by atoms with Crippen LogP contribution in [0.3, 0.4) is 0 Å². The number of hydrogen-bond donors (Lipinski definition) is 2. The Kier molecular flexibility index (Phi) is 4.13. The minimum Gasteiger partial charge on any atom is -0.398 e. The van der Waals surface area contributed by atoms with E-state index in [2.05, 4.69) is 17.2 Å². The summed E-state index contributed by atoms with van der Waals surface area (Å²) < 4.78 is 0. The molecule has 1 amide bonds. The van der Waals surface area contributed by atoms with Crippen molar-refractivity contribution in [3.05, 3.63) is 53.9 Å². The van der Waals surface area contributed by atoms with E-state index in [0.717, 1.165) is 24.1 Å². The monoisotopic (exact) mass is 255 g/mol. The summed E-state index contributed by atoms with van der Waals surface area (Å²) >= 11 is 0. The van der Waals surface area contributed by atoms with Crippen molar-refractivity contribution < 1.29 is 4.79 Å². The maximum Gasteiger partial charge on any atom is 0.259 e. The highest BCUT2D eigenvalue weighted by Crippen LogP contribution is 2.19. The molecule has 0 aliphatic carbocycles. The fourth-order valence-electron chi connectivity index (χ4n) is 1.91. The number of aryl methyl sites for hydroxylation is 1. The van der Waals surface area contributed by atoms with Crippen LogP contribution in [0.15, 0.2) is 42.7 Å². The Morgan fingerprint density at radius 1 is 1.32 bits per heavy atom. The van der Waals surface area contributed by atoms with Crippen LogP contribution in [0.5, 0.6) is 0 Å². The van der Waals surface area contributed by atoms with E-state index in [0.29, 0.717) is 11.3 Å². The summed E-state index contributed by atoms with van der Waals surface area (Å²) in [7, 11) is 0. The number of nitrogens with zero attached hydrogens (tertiary/aromatic N) is 1. The number of hydrogen-bond acceptors (Lipinski definition) is 3. The van der Waals surface area contributed by atoms with E-state index in [4.69, 9.17) is 5.73 Å². The summed E-state index contributed by atoms with van der Waals surface area (Å²) in [6.07, 6.45) is 5.01. The Hall–Kier alpha value is -2.36. The number of benzene rings is 1. The maximum atomic E-state index is 12.2. The molecule has 0 bridgehead atoms. The summed E-state index contributed by atoms with van der Waals surface area (Å²) in [6.45, 7) is 2.11.